The van der Waals surface area contributed by atoms with E-state index in [4.69, 9.17) is 0 Å². The molecule has 82 valence electrons. The molecule has 0 aliphatic heterocycles. The maximum Gasteiger partial charge on any atom is 0.389 e. The molecule has 0 aromatic heterocycles. The molecule has 0 N–H and O–H groups in total. The van der Waals surface area contributed by atoms with Crippen LogP contribution in [0.15, 0.2) is 30.3 Å². The second-order valence-electron chi connectivity index (χ2n) is 2.60. The van der Waals surface area contributed by atoms with Gasteiger partial charge in [0.2, 0.25) is 0 Å². The van der Waals surface area contributed by atoms with Gasteiger partial charge in [-0.15, -0.1) is 0 Å². The summed E-state index contributed by atoms with van der Waals surface area (Å²) in [6.07, 6.45) is 0. The first-order valence-corrected chi connectivity index (χ1v) is 5.83. The van der Waals surface area contributed by atoms with E-state index in [2.05, 4.69) is 9.26 Å². The van der Waals surface area contributed by atoms with Gasteiger partial charge in [-0.3, -0.25) is 4.57 Å². The predicted molar refractivity (Wildman–Crippen MR) is 51.7 cm³/mol. The molecule has 15 heavy (non-hydrogen) atoms. The van der Waals surface area contributed by atoms with Crippen LogP contribution in [0.2, 0.25) is 0 Å². The maximum absolute atomic E-state index is 11.2. The highest BCUT2D eigenvalue weighted by molar-refractivity contribution is 7.69. The number of hydrogen-bond acceptors (Lipinski definition) is 5. The van der Waals surface area contributed by atoms with Gasteiger partial charge in [0.05, 0.1) is 6.61 Å². The third-order valence-corrected chi connectivity index (χ3v) is 2.49. The van der Waals surface area contributed by atoms with Gasteiger partial charge in [0, 0.05) is 0 Å². The molecule has 6 heteroatoms. The molecule has 0 aliphatic rings. The van der Waals surface area contributed by atoms with Crippen LogP contribution in [0.25, 0.3) is 0 Å². The van der Waals surface area contributed by atoms with E-state index in [9.17, 15) is 14.3 Å². The fraction of sp³-hybridized carbons (Fsp3) is 0.222. The largest absolute Gasteiger partial charge is 0.761 e. The van der Waals surface area contributed by atoms with Crippen molar-refractivity contribution in [3.8, 4) is 5.75 Å². The van der Waals surface area contributed by atoms with Crippen LogP contribution in [0.4, 0.5) is 4.79 Å². The second kappa shape index (κ2) is 4.96. The first-order chi connectivity index (χ1) is 7.06. The molecule has 1 unspecified atom stereocenters. The van der Waals surface area contributed by atoms with Crippen molar-refractivity contribution in [3.63, 3.8) is 0 Å². The zero-order chi connectivity index (χ0) is 11.3. The van der Waals surface area contributed by atoms with E-state index in [1.165, 1.54) is 19.1 Å². The summed E-state index contributed by atoms with van der Waals surface area (Å²) in [4.78, 5) is 22.2. The standard InChI is InChI=1S/C9H11O5P/c1-2-13-9(10)15(11,12)14-8-6-4-3-5-7-8/h3-7H,2H2,1H3,(H,11,12)/p-1. The maximum atomic E-state index is 11.2. The number of benzene rings is 1. The average molecular weight is 229 g/mol. The van der Waals surface area contributed by atoms with Crippen LogP contribution in [0.3, 0.4) is 0 Å². The molecule has 1 rings (SSSR count). The number of carbonyl (C=O) groups is 1. The minimum Gasteiger partial charge on any atom is -0.761 e. The Morgan fingerprint density at radius 3 is 2.53 bits per heavy atom. The van der Waals surface area contributed by atoms with Gasteiger partial charge < -0.3 is 14.2 Å². The average Bonchev–Trinajstić information content (AvgIpc) is 2.19. The highest BCUT2D eigenvalue weighted by Gasteiger charge is 2.22. The SMILES string of the molecule is CCOC(=O)P(=O)([O-])Oc1ccccc1. The molecule has 5 nitrogen and oxygen atoms in total. The van der Waals surface area contributed by atoms with E-state index >= 15 is 0 Å². The lowest BCUT2D eigenvalue weighted by Gasteiger charge is -2.21. The van der Waals surface area contributed by atoms with E-state index in [-0.39, 0.29) is 12.4 Å². The summed E-state index contributed by atoms with van der Waals surface area (Å²) in [6.45, 7) is 1.50. The quantitative estimate of drug-likeness (QED) is 0.735. The molecule has 0 fully saturated rings. The van der Waals surface area contributed by atoms with Gasteiger partial charge in [-0.2, -0.15) is 0 Å². The van der Waals surface area contributed by atoms with Crippen molar-refractivity contribution in [2.45, 2.75) is 6.92 Å². The molecule has 1 aromatic carbocycles. The van der Waals surface area contributed by atoms with Crippen molar-refractivity contribution in [3.05, 3.63) is 30.3 Å². The van der Waals surface area contributed by atoms with E-state index < -0.39 is 13.3 Å². The number of para-hydroxylation sites is 1. The summed E-state index contributed by atoms with van der Waals surface area (Å²) in [5.74, 6) is 0.0869. The number of carbonyl (C=O) groups excluding carboxylic acids is 1. The molecule has 0 spiro atoms. The van der Waals surface area contributed by atoms with Crippen LogP contribution in [0.1, 0.15) is 6.92 Å². The molecule has 1 atom stereocenters. The molecular weight excluding hydrogens is 219 g/mol. The Morgan fingerprint density at radius 2 is 2.00 bits per heavy atom. The van der Waals surface area contributed by atoms with E-state index in [1.807, 2.05) is 0 Å². The minimum absolute atomic E-state index is 0.0107. The van der Waals surface area contributed by atoms with Crippen molar-refractivity contribution in [1.29, 1.82) is 0 Å². The van der Waals surface area contributed by atoms with E-state index in [1.54, 1.807) is 18.2 Å². The van der Waals surface area contributed by atoms with Crippen LogP contribution in [0.5, 0.6) is 5.75 Å². The van der Waals surface area contributed by atoms with Gasteiger partial charge in [0.1, 0.15) is 5.75 Å². The molecule has 1 aromatic rings. The molecule has 0 saturated heterocycles. The summed E-state index contributed by atoms with van der Waals surface area (Å²) in [6, 6.07) is 7.77. The molecule has 0 heterocycles. The molecule has 0 amide bonds. The van der Waals surface area contributed by atoms with Gasteiger partial charge in [0.25, 0.3) is 7.60 Å². The summed E-state index contributed by atoms with van der Waals surface area (Å²) < 4.78 is 20.1. The lowest BCUT2D eigenvalue weighted by molar-refractivity contribution is -0.188. The van der Waals surface area contributed by atoms with Crippen molar-refractivity contribution in [2.24, 2.45) is 0 Å². The van der Waals surface area contributed by atoms with Gasteiger partial charge in [0.15, 0.2) is 0 Å². The Bertz CT molecular complexity index is 375. The summed E-state index contributed by atoms with van der Waals surface area (Å²) in [5, 5.41) is 0. The van der Waals surface area contributed by atoms with Crippen molar-refractivity contribution in [2.75, 3.05) is 6.61 Å². The van der Waals surface area contributed by atoms with Crippen LogP contribution < -0.4 is 9.42 Å². The highest BCUT2D eigenvalue weighted by atomic mass is 31.2. The second-order valence-corrected chi connectivity index (χ2v) is 4.14. The van der Waals surface area contributed by atoms with Gasteiger partial charge in [-0.1, -0.05) is 18.2 Å². The first kappa shape index (κ1) is 11.8. The fourth-order valence-corrected chi connectivity index (χ4v) is 1.62. The Balaban J connectivity index is 2.73. The van der Waals surface area contributed by atoms with Crippen LogP contribution in [0, 0.1) is 0 Å². The Hall–Kier alpha value is -1.32. The summed E-state index contributed by atoms with van der Waals surface area (Å²) in [7, 11) is -4.63. The normalized spacial score (nSPS) is 14.0. The molecule has 0 bridgehead atoms. The Morgan fingerprint density at radius 1 is 1.40 bits per heavy atom. The summed E-state index contributed by atoms with van der Waals surface area (Å²) >= 11 is 0. The zero-order valence-electron chi connectivity index (χ0n) is 8.08. The highest BCUT2D eigenvalue weighted by Crippen LogP contribution is 2.39. The van der Waals surface area contributed by atoms with Gasteiger partial charge in [-0.25, -0.2) is 4.79 Å². The van der Waals surface area contributed by atoms with Gasteiger partial charge >= 0.3 is 5.71 Å². The number of rotatable bonds is 4. The number of ether oxygens (including phenoxy) is 1. The first-order valence-electron chi connectivity index (χ1n) is 4.29. The molecule has 0 saturated carbocycles. The molecular formula is C9H10O5P-. The van der Waals surface area contributed by atoms with Crippen LogP contribution >= 0.6 is 7.60 Å². The Kier molecular flexibility index (Phi) is 3.88. The summed E-state index contributed by atoms with van der Waals surface area (Å²) in [5.41, 5.74) is -1.35. The van der Waals surface area contributed by atoms with Crippen molar-refractivity contribution >= 4 is 13.3 Å². The van der Waals surface area contributed by atoms with Crippen LogP contribution in [-0.2, 0) is 9.30 Å². The molecule has 0 aliphatic carbocycles. The predicted octanol–water partition coefficient (Wildman–Crippen LogP) is 1.78. The number of hydrogen-bond donors (Lipinski definition) is 0. The van der Waals surface area contributed by atoms with Crippen molar-refractivity contribution < 1.29 is 23.5 Å². The zero-order valence-corrected chi connectivity index (χ0v) is 8.98. The van der Waals surface area contributed by atoms with Crippen LogP contribution in [-0.4, -0.2) is 12.3 Å². The van der Waals surface area contributed by atoms with Crippen molar-refractivity contribution in [1.82, 2.24) is 0 Å². The van der Waals surface area contributed by atoms with E-state index in [0.717, 1.165) is 0 Å². The lowest BCUT2D eigenvalue weighted by Crippen LogP contribution is -2.17. The van der Waals surface area contributed by atoms with Gasteiger partial charge in [-0.05, 0) is 19.1 Å². The topological polar surface area (TPSA) is 75.7 Å². The Labute approximate surface area is 87.2 Å². The lowest BCUT2D eigenvalue weighted by atomic mass is 10.3. The smallest absolute Gasteiger partial charge is 0.389 e. The minimum atomic E-state index is -4.63. The monoisotopic (exact) mass is 229 g/mol. The third-order valence-electron chi connectivity index (χ3n) is 1.46. The third kappa shape index (κ3) is 3.38. The fourth-order valence-electron chi connectivity index (χ4n) is 0.860. The molecule has 0 radical (unpaired) electrons. The van der Waals surface area contributed by atoms with E-state index in [0.29, 0.717) is 0 Å².